The van der Waals surface area contributed by atoms with Crippen molar-refractivity contribution in [2.24, 2.45) is 5.92 Å². The lowest BCUT2D eigenvalue weighted by Crippen LogP contribution is -2.45. The van der Waals surface area contributed by atoms with Crippen LogP contribution >= 0.6 is 34.5 Å². The van der Waals surface area contributed by atoms with Crippen molar-refractivity contribution >= 4 is 50.7 Å². The van der Waals surface area contributed by atoms with Gasteiger partial charge in [-0.05, 0) is 74.6 Å². The highest BCUT2D eigenvalue weighted by Crippen LogP contribution is 2.37. The molecule has 4 aromatic rings. The number of halogens is 2. The zero-order valence-corrected chi connectivity index (χ0v) is 29.4. The summed E-state index contributed by atoms with van der Waals surface area (Å²) in [4.78, 5) is 15.5. The summed E-state index contributed by atoms with van der Waals surface area (Å²) in [5, 5.41) is 7.48. The standard InChI is InChI=1S/C34H36Cl2N6O3S2/c1-23-6-8-25(9-7-23)10-12-27-13-15-31(46-27)33-28(21-37-47(44,45)41-19-16-24(2)22-41)32(34(43)39-40-17-4-3-5-18-40)38-42(33)30-14-11-26(35)20-29(30)36/h6-9,11,13-15,20,24,37H,3-5,16-19,21-22H2,1-2H3,(H,39,43)/t24-/m1/s1. The van der Waals surface area contributed by atoms with Gasteiger partial charge in [0.05, 0.1) is 26.2 Å². The fourth-order valence-electron chi connectivity index (χ4n) is 5.75. The molecule has 2 N–H and O–H groups in total. The third kappa shape index (κ3) is 7.92. The number of rotatable bonds is 8. The summed E-state index contributed by atoms with van der Waals surface area (Å²) >= 11 is 14.4. The average molecular weight is 712 g/mol. The summed E-state index contributed by atoms with van der Waals surface area (Å²) in [7, 11) is -3.82. The van der Waals surface area contributed by atoms with Crippen LogP contribution in [0.15, 0.2) is 54.6 Å². The lowest BCUT2D eigenvalue weighted by atomic mass is 10.1. The number of carbonyl (C=O) groups is 1. The molecule has 0 saturated carbocycles. The van der Waals surface area contributed by atoms with Crippen molar-refractivity contribution in [3.63, 3.8) is 0 Å². The maximum Gasteiger partial charge on any atom is 0.286 e. The molecule has 0 radical (unpaired) electrons. The van der Waals surface area contributed by atoms with Crippen LogP contribution < -0.4 is 10.1 Å². The molecule has 2 aromatic carbocycles. The molecule has 2 aromatic heterocycles. The predicted molar refractivity (Wildman–Crippen MR) is 188 cm³/mol. The highest BCUT2D eigenvalue weighted by Gasteiger charge is 2.32. The van der Waals surface area contributed by atoms with E-state index >= 15 is 0 Å². The highest BCUT2D eigenvalue weighted by atomic mass is 35.5. The third-order valence-electron chi connectivity index (χ3n) is 8.33. The molecule has 246 valence electrons. The molecule has 13 heteroatoms. The van der Waals surface area contributed by atoms with E-state index in [-0.39, 0.29) is 18.2 Å². The van der Waals surface area contributed by atoms with Crippen molar-refractivity contribution in [2.75, 3.05) is 26.2 Å². The van der Waals surface area contributed by atoms with Gasteiger partial charge in [0.1, 0.15) is 0 Å². The number of hydrogen-bond acceptors (Lipinski definition) is 6. The third-order valence-corrected chi connectivity index (χ3v) is 11.4. The van der Waals surface area contributed by atoms with E-state index in [4.69, 9.17) is 28.3 Å². The molecule has 47 heavy (non-hydrogen) atoms. The number of amides is 1. The summed E-state index contributed by atoms with van der Waals surface area (Å²) in [5.41, 5.74) is 6.64. The van der Waals surface area contributed by atoms with Crippen LogP contribution in [0.3, 0.4) is 0 Å². The summed E-state index contributed by atoms with van der Waals surface area (Å²) in [6, 6.07) is 16.9. The Kier molecular flexibility index (Phi) is 10.4. The van der Waals surface area contributed by atoms with E-state index in [0.717, 1.165) is 59.7 Å². The Morgan fingerprint density at radius 3 is 2.49 bits per heavy atom. The number of aromatic nitrogens is 2. The number of aryl methyl sites for hydroxylation is 1. The summed E-state index contributed by atoms with van der Waals surface area (Å²) < 4.78 is 32.7. The summed E-state index contributed by atoms with van der Waals surface area (Å²) in [6.45, 7) is 6.25. The number of piperidine rings is 1. The van der Waals surface area contributed by atoms with E-state index in [2.05, 4.69) is 22.0 Å². The molecule has 0 aliphatic carbocycles. The Morgan fingerprint density at radius 2 is 1.79 bits per heavy atom. The highest BCUT2D eigenvalue weighted by molar-refractivity contribution is 7.87. The van der Waals surface area contributed by atoms with Gasteiger partial charge in [-0.15, -0.1) is 11.3 Å². The van der Waals surface area contributed by atoms with Crippen LogP contribution in [0.25, 0.3) is 16.3 Å². The number of nitrogens with one attached hydrogen (secondary N) is 2. The average Bonchev–Trinajstić information content (AvgIpc) is 3.79. The molecule has 6 rings (SSSR count). The first kappa shape index (κ1) is 33.7. The van der Waals surface area contributed by atoms with Gasteiger partial charge in [-0.2, -0.15) is 22.5 Å². The molecule has 2 fully saturated rings. The second-order valence-electron chi connectivity index (χ2n) is 12.0. The fraction of sp³-hybridized carbons (Fsp3) is 0.353. The van der Waals surface area contributed by atoms with Gasteiger partial charge in [0.15, 0.2) is 5.69 Å². The maximum atomic E-state index is 13.9. The molecule has 2 aliphatic rings. The lowest BCUT2D eigenvalue weighted by molar-refractivity contribution is 0.0743. The molecular weight excluding hydrogens is 675 g/mol. The molecule has 1 amide bonds. The Hall–Kier alpha value is -3.21. The van der Waals surface area contributed by atoms with Crippen LogP contribution in [-0.4, -0.2) is 59.6 Å². The smallest absolute Gasteiger partial charge is 0.283 e. The van der Waals surface area contributed by atoms with Gasteiger partial charge in [0.25, 0.3) is 16.1 Å². The Balaban J connectivity index is 1.45. The van der Waals surface area contributed by atoms with Crippen LogP contribution in [-0.2, 0) is 16.8 Å². The monoisotopic (exact) mass is 710 g/mol. The van der Waals surface area contributed by atoms with Crippen LogP contribution in [0, 0.1) is 24.7 Å². The first-order valence-electron chi connectivity index (χ1n) is 15.6. The molecular formula is C34H36Cl2N6O3S2. The summed E-state index contributed by atoms with van der Waals surface area (Å²) in [6.07, 6.45) is 3.85. The Labute approximate surface area is 290 Å². The molecule has 2 aliphatic heterocycles. The van der Waals surface area contributed by atoms with Gasteiger partial charge < -0.3 is 0 Å². The van der Waals surface area contributed by atoms with Gasteiger partial charge in [0, 0.05) is 48.9 Å². The molecule has 0 spiro atoms. The van der Waals surface area contributed by atoms with Gasteiger partial charge in [-0.1, -0.05) is 66.1 Å². The second kappa shape index (κ2) is 14.5. The van der Waals surface area contributed by atoms with Crippen molar-refractivity contribution in [2.45, 2.75) is 46.1 Å². The van der Waals surface area contributed by atoms with Gasteiger partial charge >= 0.3 is 0 Å². The van der Waals surface area contributed by atoms with E-state index in [9.17, 15) is 13.2 Å². The zero-order valence-electron chi connectivity index (χ0n) is 26.2. The molecule has 4 heterocycles. The largest absolute Gasteiger partial charge is 0.286 e. The number of carbonyl (C=O) groups excluding carboxylic acids is 1. The van der Waals surface area contributed by atoms with Crippen LogP contribution in [0.5, 0.6) is 0 Å². The van der Waals surface area contributed by atoms with Gasteiger partial charge in [-0.3, -0.25) is 10.2 Å². The van der Waals surface area contributed by atoms with Crippen molar-refractivity contribution in [3.05, 3.63) is 91.9 Å². The maximum absolute atomic E-state index is 13.9. The minimum absolute atomic E-state index is 0.106. The van der Waals surface area contributed by atoms with Gasteiger partial charge in [-0.25, -0.2) is 9.69 Å². The van der Waals surface area contributed by atoms with Crippen molar-refractivity contribution in [1.82, 2.24) is 29.2 Å². The van der Waals surface area contributed by atoms with Crippen molar-refractivity contribution in [1.29, 1.82) is 0 Å². The van der Waals surface area contributed by atoms with E-state index in [1.165, 1.54) is 15.6 Å². The Bertz CT molecular complexity index is 1940. The SMILES string of the molecule is Cc1ccc(C#Cc2ccc(-c3c(CNS(=O)(=O)N4CC[C@@H](C)C4)c(C(=O)NN4CCCCC4)nn3-c3ccc(Cl)cc3Cl)s2)cc1. The van der Waals surface area contributed by atoms with E-state index in [0.29, 0.717) is 40.1 Å². The van der Waals surface area contributed by atoms with Crippen LogP contribution in [0.1, 0.15) is 64.7 Å². The minimum atomic E-state index is -3.82. The van der Waals surface area contributed by atoms with E-state index in [1.807, 2.05) is 55.3 Å². The fourth-order valence-corrected chi connectivity index (χ4v) is 8.47. The normalized spacial score (nSPS) is 17.4. The first-order chi connectivity index (χ1) is 22.6. The topological polar surface area (TPSA) is 99.6 Å². The second-order valence-corrected chi connectivity index (χ2v) is 15.7. The predicted octanol–water partition coefficient (Wildman–Crippen LogP) is 6.42. The van der Waals surface area contributed by atoms with Crippen molar-refractivity contribution in [3.8, 4) is 28.1 Å². The quantitative estimate of drug-likeness (QED) is 0.206. The zero-order chi connectivity index (χ0) is 33.1. The molecule has 0 bridgehead atoms. The van der Waals surface area contributed by atoms with E-state index in [1.54, 1.807) is 22.9 Å². The number of benzene rings is 2. The molecule has 2 saturated heterocycles. The number of nitrogens with zero attached hydrogens (tertiary/aromatic N) is 4. The Morgan fingerprint density at radius 1 is 1.02 bits per heavy atom. The number of hydrazine groups is 1. The molecule has 1 atom stereocenters. The summed E-state index contributed by atoms with van der Waals surface area (Å²) in [5.74, 6) is 6.31. The molecule has 0 unspecified atom stereocenters. The first-order valence-corrected chi connectivity index (χ1v) is 18.7. The number of hydrogen-bond donors (Lipinski definition) is 2. The minimum Gasteiger partial charge on any atom is -0.283 e. The lowest BCUT2D eigenvalue weighted by Gasteiger charge is -2.26. The van der Waals surface area contributed by atoms with Crippen molar-refractivity contribution < 1.29 is 13.2 Å². The van der Waals surface area contributed by atoms with Crippen LogP contribution in [0.4, 0.5) is 0 Å². The molecule has 9 nitrogen and oxygen atoms in total. The van der Waals surface area contributed by atoms with Gasteiger partial charge in [0.2, 0.25) is 0 Å². The number of thiophene rings is 1. The van der Waals surface area contributed by atoms with E-state index < -0.39 is 16.1 Å². The van der Waals surface area contributed by atoms with Crippen LogP contribution in [0.2, 0.25) is 10.0 Å².